The lowest BCUT2D eigenvalue weighted by Gasteiger charge is -2.09. The molecule has 0 aromatic heterocycles. The Labute approximate surface area is 65.9 Å². The second-order valence-electron chi connectivity index (χ2n) is 2.56. The minimum absolute atomic E-state index is 0.0570. The first kappa shape index (κ1) is 8.20. The van der Waals surface area contributed by atoms with Gasteiger partial charge in [-0.25, -0.2) is 4.99 Å². The zero-order valence-electron chi connectivity index (χ0n) is 6.62. The summed E-state index contributed by atoms with van der Waals surface area (Å²) in [4.78, 5) is 8.30. The number of hydrogen-bond donors (Lipinski definition) is 0. The molecule has 0 aromatic carbocycles. The van der Waals surface area contributed by atoms with Crippen molar-refractivity contribution in [3.8, 4) is 0 Å². The minimum atomic E-state index is -0.0570. The van der Waals surface area contributed by atoms with E-state index in [4.69, 9.17) is 9.57 Å². The van der Waals surface area contributed by atoms with Gasteiger partial charge in [-0.1, -0.05) is 5.16 Å². The Morgan fingerprint density at radius 2 is 2.36 bits per heavy atom. The van der Waals surface area contributed by atoms with Crippen molar-refractivity contribution in [2.45, 2.75) is 18.4 Å². The van der Waals surface area contributed by atoms with E-state index in [1.54, 1.807) is 7.11 Å². The fourth-order valence-corrected chi connectivity index (χ4v) is 0.768. The first-order valence-corrected chi connectivity index (χ1v) is 3.48. The van der Waals surface area contributed by atoms with Gasteiger partial charge in [-0.3, -0.25) is 0 Å². The van der Waals surface area contributed by atoms with Gasteiger partial charge >= 0.3 is 0 Å². The van der Waals surface area contributed by atoms with Crippen LogP contribution in [-0.4, -0.2) is 32.4 Å². The SMILES string of the molecule is C=N/C=N\OCC1(OC)CC1. The quantitative estimate of drug-likeness (QED) is 0.336. The number of rotatable bonds is 5. The third-order valence-electron chi connectivity index (χ3n) is 1.77. The summed E-state index contributed by atoms with van der Waals surface area (Å²) in [6, 6.07) is 0. The van der Waals surface area contributed by atoms with E-state index in [0.717, 1.165) is 12.8 Å². The Hall–Kier alpha value is -0.900. The van der Waals surface area contributed by atoms with E-state index in [-0.39, 0.29) is 5.60 Å². The maximum atomic E-state index is 5.18. The molecule has 0 aliphatic heterocycles. The van der Waals surface area contributed by atoms with Gasteiger partial charge in [-0.2, -0.15) is 0 Å². The van der Waals surface area contributed by atoms with Crippen LogP contribution in [0.4, 0.5) is 0 Å². The van der Waals surface area contributed by atoms with Crippen LogP contribution in [0.3, 0.4) is 0 Å². The second-order valence-corrected chi connectivity index (χ2v) is 2.56. The molecule has 1 aliphatic carbocycles. The summed E-state index contributed by atoms with van der Waals surface area (Å²) >= 11 is 0. The Bertz CT molecular complexity index is 164. The normalized spacial score (nSPS) is 20.1. The number of hydrogen-bond acceptors (Lipinski definition) is 3. The van der Waals surface area contributed by atoms with Crippen molar-refractivity contribution in [2.24, 2.45) is 10.1 Å². The van der Waals surface area contributed by atoms with E-state index in [2.05, 4.69) is 16.9 Å². The van der Waals surface area contributed by atoms with Crippen LogP contribution < -0.4 is 0 Å². The molecule has 0 spiro atoms. The predicted molar refractivity (Wildman–Crippen MR) is 43.0 cm³/mol. The highest BCUT2D eigenvalue weighted by Gasteiger charge is 2.44. The predicted octanol–water partition coefficient (Wildman–Crippen LogP) is 0.826. The molecule has 11 heavy (non-hydrogen) atoms. The molecule has 0 radical (unpaired) electrons. The number of aliphatic imine (C=N–C) groups is 1. The van der Waals surface area contributed by atoms with E-state index in [9.17, 15) is 0 Å². The molecule has 0 heterocycles. The van der Waals surface area contributed by atoms with Gasteiger partial charge in [0.15, 0.2) is 6.34 Å². The smallest absolute Gasteiger partial charge is 0.154 e. The summed E-state index contributed by atoms with van der Waals surface area (Å²) < 4.78 is 5.18. The molecule has 62 valence electrons. The maximum Gasteiger partial charge on any atom is 0.154 e. The zero-order chi connectivity index (χ0) is 8.16. The van der Waals surface area contributed by atoms with Crippen LogP contribution >= 0.6 is 0 Å². The molecule has 0 aromatic rings. The Kier molecular flexibility index (Phi) is 2.59. The highest BCUT2D eigenvalue weighted by molar-refractivity contribution is 5.61. The summed E-state index contributed by atoms with van der Waals surface area (Å²) in [5.41, 5.74) is -0.0570. The highest BCUT2D eigenvalue weighted by atomic mass is 16.6. The first-order chi connectivity index (χ1) is 5.33. The molecule has 0 bridgehead atoms. The third kappa shape index (κ3) is 2.31. The molecule has 4 nitrogen and oxygen atoms in total. The molecule has 1 saturated carbocycles. The summed E-state index contributed by atoms with van der Waals surface area (Å²) in [5, 5.41) is 3.53. The van der Waals surface area contributed by atoms with Crippen molar-refractivity contribution in [3.63, 3.8) is 0 Å². The lowest BCUT2D eigenvalue weighted by molar-refractivity contribution is -0.00664. The van der Waals surface area contributed by atoms with Crippen LogP contribution in [0.1, 0.15) is 12.8 Å². The molecule has 0 saturated heterocycles. The van der Waals surface area contributed by atoms with Gasteiger partial charge < -0.3 is 9.57 Å². The van der Waals surface area contributed by atoms with E-state index < -0.39 is 0 Å². The van der Waals surface area contributed by atoms with Crippen molar-refractivity contribution in [1.29, 1.82) is 0 Å². The fraction of sp³-hybridized carbons (Fsp3) is 0.714. The van der Waals surface area contributed by atoms with Crippen molar-refractivity contribution in [3.05, 3.63) is 0 Å². The molecule has 0 atom stereocenters. The Balaban J connectivity index is 2.12. The van der Waals surface area contributed by atoms with Crippen molar-refractivity contribution in [1.82, 2.24) is 0 Å². The van der Waals surface area contributed by atoms with Gasteiger partial charge in [0.25, 0.3) is 0 Å². The van der Waals surface area contributed by atoms with E-state index in [0.29, 0.717) is 6.61 Å². The number of ether oxygens (including phenoxy) is 1. The van der Waals surface area contributed by atoms with Crippen molar-refractivity contribution >= 4 is 13.1 Å². The Morgan fingerprint density at radius 3 is 2.82 bits per heavy atom. The van der Waals surface area contributed by atoms with Gasteiger partial charge in [0.2, 0.25) is 0 Å². The number of oxime groups is 1. The molecule has 4 heteroatoms. The first-order valence-electron chi connectivity index (χ1n) is 3.48. The van der Waals surface area contributed by atoms with Crippen LogP contribution in [0.25, 0.3) is 0 Å². The Morgan fingerprint density at radius 1 is 1.64 bits per heavy atom. The van der Waals surface area contributed by atoms with Crippen molar-refractivity contribution < 1.29 is 9.57 Å². The van der Waals surface area contributed by atoms with Gasteiger partial charge in [-0.05, 0) is 19.6 Å². The van der Waals surface area contributed by atoms with Gasteiger partial charge in [-0.15, -0.1) is 0 Å². The van der Waals surface area contributed by atoms with Crippen molar-refractivity contribution in [2.75, 3.05) is 13.7 Å². The number of methoxy groups -OCH3 is 1. The largest absolute Gasteiger partial charge is 0.391 e. The van der Waals surface area contributed by atoms with Crippen LogP contribution in [0.2, 0.25) is 0 Å². The average Bonchev–Trinajstić information content (AvgIpc) is 2.80. The highest BCUT2D eigenvalue weighted by Crippen LogP contribution is 2.38. The molecule has 1 fully saturated rings. The lowest BCUT2D eigenvalue weighted by Crippen LogP contribution is -2.17. The van der Waals surface area contributed by atoms with Crippen LogP contribution in [0.5, 0.6) is 0 Å². The molecule has 0 unspecified atom stereocenters. The molecule has 1 aliphatic rings. The van der Waals surface area contributed by atoms with Crippen LogP contribution in [0, 0.1) is 0 Å². The van der Waals surface area contributed by atoms with Crippen LogP contribution in [0.15, 0.2) is 10.1 Å². The topological polar surface area (TPSA) is 43.2 Å². The third-order valence-corrected chi connectivity index (χ3v) is 1.77. The molecule has 1 rings (SSSR count). The minimum Gasteiger partial charge on any atom is -0.391 e. The van der Waals surface area contributed by atoms with Gasteiger partial charge in [0.05, 0.1) is 0 Å². The monoisotopic (exact) mass is 156 g/mol. The standard InChI is InChI=1S/C7H12N2O2/c1-8-6-9-11-5-7(10-2)3-4-7/h6H,1,3-5H2,2H3/b9-6-. The van der Waals surface area contributed by atoms with E-state index in [1.807, 2.05) is 0 Å². The summed E-state index contributed by atoms with van der Waals surface area (Å²) in [5.74, 6) is 0. The molecular formula is C7H12N2O2. The molecular weight excluding hydrogens is 144 g/mol. The summed E-state index contributed by atoms with van der Waals surface area (Å²) in [7, 11) is 1.69. The maximum absolute atomic E-state index is 5.18. The molecule has 0 N–H and O–H groups in total. The lowest BCUT2D eigenvalue weighted by atomic mass is 10.4. The van der Waals surface area contributed by atoms with Crippen LogP contribution in [-0.2, 0) is 9.57 Å². The fourth-order valence-electron chi connectivity index (χ4n) is 0.768. The number of nitrogens with zero attached hydrogens (tertiary/aromatic N) is 2. The second kappa shape index (κ2) is 3.48. The molecule has 0 amide bonds. The van der Waals surface area contributed by atoms with E-state index >= 15 is 0 Å². The zero-order valence-corrected chi connectivity index (χ0v) is 6.62. The summed E-state index contributed by atoms with van der Waals surface area (Å²) in [6.07, 6.45) is 3.38. The van der Waals surface area contributed by atoms with Gasteiger partial charge in [0, 0.05) is 7.11 Å². The van der Waals surface area contributed by atoms with E-state index in [1.165, 1.54) is 6.34 Å². The summed E-state index contributed by atoms with van der Waals surface area (Å²) in [6.45, 7) is 3.73. The average molecular weight is 156 g/mol. The van der Waals surface area contributed by atoms with Gasteiger partial charge in [0.1, 0.15) is 12.2 Å².